The van der Waals surface area contributed by atoms with Crippen molar-refractivity contribution in [3.8, 4) is 0 Å². The molecule has 0 saturated carbocycles. The third-order valence-corrected chi connectivity index (χ3v) is 2.36. The first-order valence-electron chi connectivity index (χ1n) is 4.01. The minimum Gasteiger partial charge on any atom is -0.391 e. The topological polar surface area (TPSA) is 23.5 Å². The Morgan fingerprint density at radius 3 is 2.30 bits per heavy atom. The molecule has 0 radical (unpaired) electrons. The molecule has 2 atom stereocenters. The molecular weight excluding hydrogens is 126 g/mol. The Labute approximate surface area is 62.8 Å². The minimum atomic E-state index is -0.0926. The largest absolute Gasteiger partial charge is 0.391 e. The highest BCUT2D eigenvalue weighted by atomic mass is 16.3. The maximum absolute atomic E-state index is 9.49. The van der Waals surface area contributed by atoms with Crippen molar-refractivity contribution in [1.82, 2.24) is 4.90 Å². The average Bonchev–Trinajstić information content (AvgIpc) is 2.11. The van der Waals surface area contributed by atoms with Crippen LogP contribution in [0, 0.1) is 5.92 Å². The summed E-state index contributed by atoms with van der Waals surface area (Å²) in [6.07, 6.45) is 0.851. The average molecular weight is 143 g/mol. The molecule has 0 spiro atoms. The van der Waals surface area contributed by atoms with E-state index in [4.69, 9.17) is 0 Å². The molecule has 1 saturated heterocycles. The third-order valence-electron chi connectivity index (χ3n) is 2.36. The number of rotatable bonds is 1. The van der Waals surface area contributed by atoms with Crippen LogP contribution in [-0.2, 0) is 0 Å². The Balaban J connectivity index is 2.54. The van der Waals surface area contributed by atoms with Gasteiger partial charge in [-0.2, -0.15) is 0 Å². The predicted molar refractivity (Wildman–Crippen MR) is 41.9 cm³/mol. The van der Waals surface area contributed by atoms with Gasteiger partial charge in [0.1, 0.15) is 0 Å². The number of nitrogens with zero attached hydrogens (tertiary/aromatic N) is 1. The Morgan fingerprint density at radius 2 is 2.10 bits per heavy atom. The van der Waals surface area contributed by atoms with Crippen LogP contribution in [0.3, 0.4) is 0 Å². The van der Waals surface area contributed by atoms with Crippen molar-refractivity contribution >= 4 is 0 Å². The molecule has 1 aliphatic rings. The summed E-state index contributed by atoms with van der Waals surface area (Å²) in [5, 5.41) is 9.49. The standard InChI is InChI=1S/C8H17NO/c1-6(2)8-7(10)4-5-9(8)3/h6-8,10H,4-5H2,1-3H3. The van der Waals surface area contributed by atoms with E-state index in [1.807, 2.05) is 0 Å². The number of likely N-dealkylation sites (tertiary alicyclic amines) is 1. The van der Waals surface area contributed by atoms with Crippen LogP contribution < -0.4 is 0 Å². The van der Waals surface area contributed by atoms with E-state index < -0.39 is 0 Å². The van der Waals surface area contributed by atoms with Gasteiger partial charge in [-0.05, 0) is 19.4 Å². The molecule has 2 unspecified atom stereocenters. The first kappa shape index (κ1) is 8.02. The van der Waals surface area contributed by atoms with Crippen molar-refractivity contribution < 1.29 is 5.11 Å². The Hall–Kier alpha value is -0.0800. The van der Waals surface area contributed by atoms with Crippen molar-refractivity contribution in [3.63, 3.8) is 0 Å². The normalized spacial score (nSPS) is 35.7. The van der Waals surface area contributed by atoms with E-state index in [0.29, 0.717) is 12.0 Å². The van der Waals surface area contributed by atoms with Gasteiger partial charge in [0, 0.05) is 12.6 Å². The molecule has 0 aliphatic carbocycles. The molecule has 0 aromatic carbocycles. The molecule has 1 heterocycles. The van der Waals surface area contributed by atoms with Crippen LogP contribution in [-0.4, -0.2) is 35.7 Å². The fourth-order valence-corrected chi connectivity index (χ4v) is 1.90. The molecule has 60 valence electrons. The maximum Gasteiger partial charge on any atom is 0.0709 e. The summed E-state index contributed by atoms with van der Waals surface area (Å²) in [7, 11) is 2.08. The molecule has 1 fully saturated rings. The van der Waals surface area contributed by atoms with Crippen molar-refractivity contribution in [2.24, 2.45) is 5.92 Å². The summed E-state index contributed by atoms with van der Waals surface area (Å²) >= 11 is 0. The SMILES string of the molecule is CC(C)C1C(O)CCN1C. The van der Waals surface area contributed by atoms with Crippen LogP contribution in [0.15, 0.2) is 0 Å². The van der Waals surface area contributed by atoms with Gasteiger partial charge < -0.3 is 10.0 Å². The molecule has 0 bridgehead atoms. The molecule has 0 aromatic heterocycles. The Kier molecular flexibility index (Phi) is 2.32. The minimum absolute atomic E-state index is 0.0926. The number of aliphatic hydroxyl groups is 1. The zero-order valence-corrected chi connectivity index (χ0v) is 7.04. The molecule has 2 nitrogen and oxygen atoms in total. The lowest BCUT2D eigenvalue weighted by atomic mass is 10.00. The molecule has 2 heteroatoms. The fourth-order valence-electron chi connectivity index (χ4n) is 1.90. The lowest BCUT2D eigenvalue weighted by molar-refractivity contribution is 0.0991. The van der Waals surface area contributed by atoms with Crippen LogP contribution in [0.1, 0.15) is 20.3 Å². The van der Waals surface area contributed by atoms with E-state index in [9.17, 15) is 5.11 Å². The summed E-state index contributed by atoms with van der Waals surface area (Å²) in [4.78, 5) is 2.25. The van der Waals surface area contributed by atoms with E-state index in [2.05, 4.69) is 25.8 Å². The first-order valence-corrected chi connectivity index (χ1v) is 4.01. The second-order valence-electron chi connectivity index (χ2n) is 3.57. The fraction of sp³-hybridized carbons (Fsp3) is 1.00. The van der Waals surface area contributed by atoms with Crippen LogP contribution in [0.5, 0.6) is 0 Å². The Morgan fingerprint density at radius 1 is 1.50 bits per heavy atom. The smallest absolute Gasteiger partial charge is 0.0709 e. The molecule has 1 N–H and O–H groups in total. The van der Waals surface area contributed by atoms with E-state index >= 15 is 0 Å². The lowest BCUT2D eigenvalue weighted by Gasteiger charge is -2.25. The summed E-state index contributed by atoms with van der Waals surface area (Å²) in [5.41, 5.74) is 0. The molecule has 10 heavy (non-hydrogen) atoms. The van der Waals surface area contributed by atoms with Gasteiger partial charge in [0.15, 0.2) is 0 Å². The summed E-state index contributed by atoms with van der Waals surface area (Å²) in [5.74, 6) is 0.572. The maximum atomic E-state index is 9.49. The van der Waals surface area contributed by atoms with E-state index in [-0.39, 0.29) is 6.10 Å². The van der Waals surface area contributed by atoms with Gasteiger partial charge in [0.05, 0.1) is 6.10 Å². The van der Waals surface area contributed by atoms with Crippen molar-refractivity contribution in [3.05, 3.63) is 0 Å². The zero-order valence-electron chi connectivity index (χ0n) is 7.04. The molecule has 0 amide bonds. The number of hydrogen-bond donors (Lipinski definition) is 1. The van der Waals surface area contributed by atoms with E-state index in [1.165, 1.54) is 0 Å². The van der Waals surface area contributed by atoms with Crippen molar-refractivity contribution in [2.75, 3.05) is 13.6 Å². The summed E-state index contributed by atoms with van der Waals surface area (Å²) in [6.45, 7) is 5.37. The lowest BCUT2D eigenvalue weighted by Crippen LogP contribution is -2.36. The number of hydrogen-bond acceptors (Lipinski definition) is 2. The molecule has 0 aromatic rings. The highest BCUT2D eigenvalue weighted by molar-refractivity contribution is 4.86. The molecular formula is C8H17NO. The highest BCUT2D eigenvalue weighted by Crippen LogP contribution is 2.21. The van der Waals surface area contributed by atoms with Gasteiger partial charge >= 0.3 is 0 Å². The van der Waals surface area contributed by atoms with Crippen LogP contribution >= 0.6 is 0 Å². The second-order valence-corrected chi connectivity index (χ2v) is 3.57. The monoisotopic (exact) mass is 143 g/mol. The van der Waals surface area contributed by atoms with Gasteiger partial charge in [-0.1, -0.05) is 13.8 Å². The van der Waals surface area contributed by atoms with E-state index in [1.54, 1.807) is 0 Å². The van der Waals surface area contributed by atoms with Gasteiger partial charge in [-0.15, -0.1) is 0 Å². The highest BCUT2D eigenvalue weighted by Gasteiger charge is 2.31. The van der Waals surface area contributed by atoms with Crippen LogP contribution in [0.25, 0.3) is 0 Å². The van der Waals surface area contributed by atoms with Gasteiger partial charge in [0.25, 0.3) is 0 Å². The summed E-state index contributed by atoms with van der Waals surface area (Å²) < 4.78 is 0. The van der Waals surface area contributed by atoms with Gasteiger partial charge in [-0.3, -0.25) is 0 Å². The first-order chi connectivity index (χ1) is 4.63. The van der Waals surface area contributed by atoms with Gasteiger partial charge in [0.2, 0.25) is 0 Å². The summed E-state index contributed by atoms with van der Waals surface area (Å²) in [6, 6.07) is 0.389. The quantitative estimate of drug-likeness (QED) is 0.584. The van der Waals surface area contributed by atoms with Crippen molar-refractivity contribution in [2.45, 2.75) is 32.4 Å². The van der Waals surface area contributed by atoms with Crippen LogP contribution in [0.4, 0.5) is 0 Å². The second kappa shape index (κ2) is 2.89. The predicted octanol–water partition coefficient (Wildman–Crippen LogP) is 0.707. The Bertz CT molecular complexity index is 104. The van der Waals surface area contributed by atoms with Crippen molar-refractivity contribution in [1.29, 1.82) is 0 Å². The number of aliphatic hydroxyl groups excluding tert-OH is 1. The molecule has 1 aliphatic heterocycles. The van der Waals surface area contributed by atoms with Gasteiger partial charge in [-0.25, -0.2) is 0 Å². The van der Waals surface area contributed by atoms with Crippen LogP contribution in [0.2, 0.25) is 0 Å². The number of likely N-dealkylation sites (N-methyl/N-ethyl adjacent to an activating group) is 1. The van der Waals surface area contributed by atoms with E-state index in [0.717, 1.165) is 13.0 Å². The zero-order chi connectivity index (χ0) is 7.72. The third kappa shape index (κ3) is 1.32. The molecule has 1 rings (SSSR count).